The van der Waals surface area contributed by atoms with Crippen molar-refractivity contribution >= 4 is 28.9 Å². The van der Waals surface area contributed by atoms with Crippen molar-refractivity contribution in [2.75, 3.05) is 5.32 Å². The fraction of sp³-hybridized carbons (Fsp3) is 0.143. The number of hydrogen-bond acceptors (Lipinski definition) is 1. The maximum Gasteiger partial charge on any atom is 0.129 e. The van der Waals surface area contributed by atoms with E-state index in [0.717, 1.165) is 11.3 Å². The van der Waals surface area contributed by atoms with Crippen LogP contribution in [0.15, 0.2) is 36.4 Å². The van der Waals surface area contributed by atoms with E-state index in [-0.39, 0.29) is 5.82 Å². The fourth-order valence-electron chi connectivity index (χ4n) is 1.70. The first-order valence-corrected chi connectivity index (χ1v) is 6.26. The van der Waals surface area contributed by atoms with Crippen molar-refractivity contribution in [3.63, 3.8) is 0 Å². The molecule has 0 radical (unpaired) electrons. The van der Waals surface area contributed by atoms with Gasteiger partial charge in [-0.25, -0.2) is 4.39 Å². The van der Waals surface area contributed by atoms with Crippen molar-refractivity contribution in [2.24, 2.45) is 0 Å². The summed E-state index contributed by atoms with van der Waals surface area (Å²) in [6.07, 6.45) is 0. The van der Waals surface area contributed by atoms with Crippen LogP contribution in [0.25, 0.3) is 0 Å². The molecule has 1 N–H and O–H groups in total. The van der Waals surface area contributed by atoms with Gasteiger partial charge in [0.2, 0.25) is 0 Å². The van der Waals surface area contributed by atoms with Crippen molar-refractivity contribution < 1.29 is 4.39 Å². The normalized spacial score (nSPS) is 10.4. The molecule has 0 saturated heterocycles. The highest BCUT2D eigenvalue weighted by atomic mass is 35.5. The van der Waals surface area contributed by atoms with Gasteiger partial charge in [0.1, 0.15) is 5.82 Å². The standard InChI is InChI=1S/C14H12Cl2FN/c1-9-3-2-4-12(16)14(9)18-8-10-5-6-11(15)7-13(10)17/h2-7,18H,8H2,1H3. The molecule has 0 aliphatic rings. The van der Waals surface area contributed by atoms with E-state index in [1.54, 1.807) is 18.2 Å². The highest BCUT2D eigenvalue weighted by Crippen LogP contribution is 2.26. The number of anilines is 1. The Kier molecular flexibility index (Phi) is 4.10. The molecule has 2 aromatic carbocycles. The van der Waals surface area contributed by atoms with Crippen LogP contribution >= 0.6 is 23.2 Å². The molecule has 0 amide bonds. The summed E-state index contributed by atoms with van der Waals surface area (Å²) in [6.45, 7) is 2.32. The molecule has 18 heavy (non-hydrogen) atoms. The van der Waals surface area contributed by atoms with Crippen LogP contribution in [-0.2, 0) is 6.54 Å². The van der Waals surface area contributed by atoms with Gasteiger partial charge in [-0.05, 0) is 30.7 Å². The average molecular weight is 284 g/mol. The Labute approximate surface area is 116 Å². The van der Waals surface area contributed by atoms with Crippen LogP contribution in [0, 0.1) is 12.7 Å². The largest absolute Gasteiger partial charge is 0.379 e. The van der Waals surface area contributed by atoms with Crippen LogP contribution in [-0.4, -0.2) is 0 Å². The highest BCUT2D eigenvalue weighted by Gasteiger charge is 2.06. The third-order valence-corrected chi connectivity index (χ3v) is 3.24. The maximum absolute atomic E-state index is 13.6. The zero-order chi connectivity index (χ0) is 13.1. The monoisotopic (exact) mass is 283 g/mol. The van der Waals surface area contributed by atoms with Crippen LogP contribution in [0.4, 0.5) is 10.1 Å². The molecular formula is C14H12Cl2FN. The van der Waals surface area contributed by atoms with Crippen molar-refractivity contribution in [3.05, 3.63) is 63.4 Å². The molecule has 94 valence electrons. The Hall–Kier alpha value is -1.25. The van der Waals surface area contributed by atoms with Gasteiger partial charge in [-0.3, -0.25) is 0 Å². The first kappa shape index (κ1) is 13.2. The summed E-state index contributed by atoms with van der Waals surface area (Å²) in [7, 11) is 0. The smallest absolute Gasteiger partial charge is 0.129 e. The molecule has 1 nitrogen and oxygen atoms in total. The molecule has 0 saturated carbocycles. The lowest BCUT2D eigenvalue weighted by atomic mass is 10.1. The summed E-state index contributed by atoms with van der Waals surface area (Å²) < 4.78 is 13.6. The molecule has 0 aliphatic heterocycles. The van der Waals surface area contributed by atoms with Gasteiger partial charge in [0.15, 0.2) is 0 Å². The van der Waals surface area contributed by atoms with E-state index in [1.165, 1.54) is 6.07 Å². The van der Waals surface area contributed by atoms with Gasteiger partial charge in [-0.2, -0.15) is 0 Å². The minimum absolute atomic E-state index is 0.320. The quantitative estimate of drug-likeness (QED) is 0.831. The molecule has 2 rings (SSSR count). The molecule has 2 aromatic rings. The summed E-state index contributed by atoms with van der Waals surface area (Å²) in [5.74, 6) is -0.320. The van der Waals surface area contributed by atoms with Gasteiger partial charge in [0, 0.05) is 17.1 Å². The van der Waals surface area contributed by atoms with Crippen LogP contribution in [0.1, 0.15) is 11.1 Å². The Morgan fingerprint density at radius 3 is 2.61 bits per heavy atom. The van der Waals surface area contributed by atoms with Crippen LogP contribution in [0.5, 0.6) is 0 Å². The van der Waals surface area contributed by atoms with E-state index in [9.17, 15) is 4.39 Å². The number of benzene rings is 2. The fourth-order valence-corrected chi connectivity index (χ4v) is 2.15. The van der Waals surface area contributed by atoms with Gasteiger partial charge in [0.25, 0.3) is 0 Å². The Bertz CT molecular complexity index is 549. The lowest BCUT2D eigenvalue weighted by Crippen LogP contribution is -2.03. The molecular weight excluding hydrogens is 272 g/mol. The highest BCUT2D eigenvalue weighted by molar-refractivity contribution is 6.33. The molecule has 0 aromatic heterocycles. The number of halogens is 3. The Balaban J connectivity index is 2.16. The van der Waals surface area contributed by atoms with Gasteiger partial charge in [-0.1, -0.05) is 41.4 Å². The van der Waals surface area contributed by atoms with Crippen molar-refractivity contribution in [1.29, 1.82) is 0 Å². The van der Waals surface area contributed by atoms with Gasteiger partial charge in [0.05, 0.1) is 10.7 Å². The number of rotatable bonds is 3. The minimum atomic E-state index is -0.320. The second kappa shape index (κ2) is 5.59. The molecule has 0 heterocycles. The van der Waals surface area contributed by atoms with Crippen LogP contribution < -0.4 is 5.32 Å². The molecule has 0 atom stereocenters. The number of para-hydroxylation sites is 1. The van der Waals surface area contributed by atoms with Gasteiger partial charge >= 0.3 is 0 Å². The predicted molar refractivity (Wildman–Crippen MR) is 74.9 cm³/mol. The van der Waals surface area contributed by atoms with E-state index in [2.05, 4.69) is 5.32 Å². The number of aryl methyl sites for hydroxylation is 1. The second-order valence-electron chi connectivity index (χ2n) is 4.02. The Morgan fingerprint density at radius 2 is 1.94 bits per heavy atom. The summed E-state index contributed by atoms with van der Waals surface area (Å²) in [6, 6.07) is 10.3. The molecule has 0 fully saturated rings. The molecule has 4 heteroatoms. The van der Waals surface area contributed by atoms with Crippen molar-refractivity contribution in [3.8, 4) is 0 Å². The first-order valence-electron chi connectivity index (χ1n) is 5.51. The first-order chi connectivity index (χ1) is 8.58. The summed E-state index contributed by atoms with van der Waals surface area (Å²) >= 11 is 11.8. The minimum Gasteiger partial charge on any atom is -0.379 e. The second-order valence-corrected chi connectivity index (χ2v) is 4.86. The van der Waals surface area contributed by atoms with Crippen molar-refractivity contribution in [2.45, 2.75) is 13.5 Å². The lowest BCUT2D eigenvalue weighted by Gasteiger charge is -2.12. The zero-order valence-electron chi connectivity index (χ0n) is 9.81. The topological polar surface area (TPSA) is 12.0 Å². The third kappa shape index (κ3) is 2.95. The lowest BCUT2D eigenvalue weighted by molar-refractivity contribution is 0.613. The average Bonchev–Trinajstić information content (AvgIpc) is 2.31. The van der Waals surface area contributed by atoms with E-state index in [0.29, 0.717) is 22.2 Å². The van der Waals surface area contributed by atoms with E-state index in [4.69, 9.17) is 23.2 Å². The molecule has 0 bridgehead atoms. The van der Waals surface area contributed by atoms with E-state index < -0.39 is 0 Å². The maximum atomic E-state index is 13.6. The predicted octanol–water partition coefficient (Wildman–Crippen LogP) is 5.05. The van der Waals surface area contributed by atoms with Crippen LogP contribution in [0.3, 0.4) is 0 Å². The van der Waals surface area contributed by atoms with Gasteiger partial charge < -0.3 is 5.32 Å². The summed E-state index contributed by atoms with van der Waals surface area (Å²) in [4.78, 5) is 0. The summed E-state index contributed by atoms with van der Waals surface area (Å²) in [5.41, 5.74) is 2.41. The van der Waals surface area contributed by atoms with E-state index in [1.807, 2.05) is 19.1 Å². The zero-order valence-corrected chi connectivity index (χ0v) is 11.3. The number of hydrogen-bond donors (Lipinski definition) is 1. The van der Waals surface area contributed by atoms with Crippen LogP contribution in [0.2, 0.25) is 10.0 Å². The van der Waals surface area contributed by atoms with E-state index >= 15 is 0 Å². The third-order valence-electron chi connectivity index (χ3n) is 2.69. The SMILES string of the molecule is Cc1cccc(Cl)c1NCc1ccc(Cl)cc1F. The molecule has 0 aliphatic carbocycles. The van der Waals surface area contributed by atoms with Gasteiger partial charge in [-0.15, -0.1) is 0 Å². The van der Waals surface area contributed by atoms with Crippen molar-refractivity contribution in [1.82, 2.24) is 0 Å². The Morgan fingerprint density at radius 1 is 1.17 bits per heavy atom. The molecule has 0 spiro atoms. The molecule has 0 unspecified atom stereocenters. The summed E-state index contributed by atoms with van der Waals surface area (Å²) in [5, 5.41) is 4.17. The number of nitrogens with one attached hydrogen (secondary N) is 1.